The predicted octanol–water partition coefficient (Wildman–Crippen LogP) is 4.47. The Morgan fingerprint density at radius 1 is 1.23 bits per heavy atom. The molecule has 0 radical (unpaired) electrons. The van der Waals surface area contributed by atoms with E-state index in [0.717, 1.165) is 27.7 Å². The van der Waals surface area contributed by atoms with Crippen LogP contribution in [-0.4, -0.2) is 35.5 Å². The van der Waals surface area contributed by atoms with Crippen LogP contribution in [0.15, 0.2) is 58.5 Å². The summed E-state index contributed by atoms with van der Waals surface area (Å²) >= 11 is 9.35. The Hall–Kier alpha value is -1.63. The third-order valence-corrected chi connectivity index (χ3v) is 6.09. The number of rotatable bonds is 8. The fourth-order valence-corrected chi connectivity index (χ4v) is 3.68. The van der Waals surface area contributed by atoms with Crippen molar-refractivity contribution in [1.82, 2.24) is 5.43 Å². The summed E-state index contributed by atoms with van der Waals surface area (Å²) in [6.07, 6.45) is 2.37. The lowest BCUT2D eigenvalue weighted by Crippen LogP contribution is -2.30. The van der Waals surface area contributed by atoms with E-state index < -0.39 is 0 Å². The van der Waals surface area contributed by atoms with Gasteiger partial charge in [-0.1, -0.05) is 11.6 Å². The van der Waals surface area contributed by atoms with E-state index in [-0.39, 0.29) is 5.91 Å². The molecule has 0 saturated carbocycles. The average molecular weight is 407 g/mol. The van der Waals surface area contributed by atoms with Crippen molar-refractivity contribution in [2.24, 2.45) is 5.10 Å². The third kappa shape index (κ3) is 6.27. The standard InChI is InChI=1S/C19H19ClN2O2S2/c20-15-3-7-18(8-4-15)26-10-9-19(23)22-21-11-14-1-5-16(6-2-14)24-17-12-25-13-17/h1-8,11,17H,9-10,12-13H2,(H,22,23)/b21-11+. The van der Waals surface area contributed by atoms with Gasteiger partial charge in [0.2, 0.25) is 5.91 Å². The first-order chi connectivity index (χ1) is 12.7. The van der Waals surface area contributed by atoms with Gasteiger partial charge in [-0.3, -0.25) is 4.79 Å². The van der Waals surface area contributed by atoms with E-state index in [1.54, 1.807) is 18.0 Å². The molecular formula is C19H19ClN2O2S2. The zero-order valence-electron chi connectivity index (χ0n) is 14.1. The number of halogens is 1. The Morgan fingerprint density at radius 2 is 1.96 bits per heavy atom. The van der Waals surface area contributed by atoms with Gasteiger partial charge in [-0.2, -0.15) is 16.9 Å². The van der Waals surface area contributed by atoms with Gasteiger partial charge in [0, 0.05) is 33.6 Å². The first kappa shape index (κ1) is 19.1. The number of hydrogen-bond acceptors (Lipinski definition) is 5. The molecule has 26 heavy (non-hydrogen) atoms. The molecule has 0 atom stereocenters. The van der Waals surface area contributed by atoms with Gasteiger partial charge in [-0.25, -0.2) is 5.43 Å². The van der Waals surface area contributed by atoms with E-state index in [1.807, 2.05) is 60.3 Å². The smallest absolute Gasteiger partial charge is 0.240 e. The van der Waals surface area contributed by atoms with Crippen LogP contribution >= 0.6 is 35.1 Å². The summed E-state index contributed by atoms with van der Waals surface area (Å²) in [5.41, 5.74) is 3.47. The molecule has 1 amide bonds. The van der Waals surface area contributed by atoms with Crippen molar-refractivity contribution >= 4 is 47.2 Å². The summed E-state index contributed by atoms with van der Waals surface area (Å²) in [5, 5.41) is 4.71. The lowest BCUT2D eigenvalue weighted by molar-refractivity contribution is -0.120. The molecule has 1 fully saturated rings. The molecule has 0 unspecified atom stereocenters. The van der Waals surface area contributed by atoms with Crippen molar-refractivity contribution in [3.05, 3.63) is 59.1 Å². The normalized spacial score (nSPS) is 14.2. The number of thioether (sulfide) groups is 2. The summed E-state index contributed by atoms with van der Waals surface area (Å²) in [6.45, 7) is 0. The Labute approximate surface area is 166 Å². The van der Waals surface area contributed by atoms with Crippen molar-refractivity contribution in [1.29, 1.82) is 0 Å². The van der Waals surface area contributed by atoms with E-state index in [2.05, 4.69) is 10.5 Å². The van der Waals surface area contributed by atoms with E-state index in [1.165, 1.54) is 0 Å². The number of hydrazone groups is 1. The first-order valence-electron chi connectivity index (χ1n) is 8.24. The molecule has 1 saturated heterocycles. The van der Waals surface area contributed by atoms with Crippen LogP contribution in [0.2, 0.25) is 5.02 Å². The van der Waals surface area contributed by atoms with E-state index >= 15 is 0 Å². The summed E-state index contributed by atoms with van der Waals surface area (Å²) in [4.78, 5) is 12.9. The van der Waals surface area contributed by atoms with Crippen LogP contribution in [0.5, 0.6) is 5.75 Å². The number of carbonyl (C=O) groups is 1. The maximum absolute atomic E-state index is 11.8. The van der Waals surface area contributed by atoms with Crippen LogP contribution in [0.1, 0.15) is 12.0 Å². The molecule has 0 aliphatic carbocycles. The molecule has 4 nitrogen and oxygen atoms in total. The second-order valence-electron chi connectivity index (χ2n) is 5.69. The van der Waals surface area contributed by atoms with Gasteiger partial charge in [-0.15, -0.1) is 11.8 Å². The Bertz CT molecular complexity index is 747. The van der Waals surface area contributed by atoms with Crippen LogP contribution < -0.4 is 10.2 Å². The number of hydrogen-bond donors (Lipinski definition) is 1. The Balaban J connectivity index is 1.35. The number of benzene rings is 2. The molecule has 136 valence electrons. The zero-order valence-corrected chi connectivity index (χ0v) is 16.4. The largest absolute Gasteiger partial charge is 0.489 e. The topological polar surface area (TPSA) is 50.7 Å². The van der Waals surface area contributed by atoms with E-state index in [0.29, 0.717) is 23.3 Å². The number of amides is 1. The molecule has 0 aromatic heterocycles. The van der Waals surface area contributed by atoms with Crippen molar-refractivity contribution in [3.63, 3.8) is 0 Å². The minimum absolute atomic E-state index is 0.106. The maximum atomic E-state index is 11.8. The van der Waals surface area contributed by atoms with Gasteiger partial charge in [0.15, 0.2) is 0 Å². The van der Waals surface area contributed by atoms with Crippen LogP contribution in [0.25, 0.3) is 0 Å². The van der Waals surface area contributed by atoms with Crippen molar-refractivity contribution in [2.75, 3.05) is 17.3 Å². The Morgan fingerprint density at radius 3 is 2.62 bits per heavy atom. The number of nitrogens with one attached hydrogen (secondary N) is 1. The van der Waals surface area contributed by atoms with Crippen molar-refractivity contribution in [2.45, 2.75) is 17.4 Å². The van der Waals surface area contributed by atoms with Gasteiger partial charge < -0.3 is 4.74 Å². The fraction of sp³-hybridized carbons (Fsp3) is 0.263. The van der Waals surface area contributed by atoms with Crippen LogP contribution in [0.4, 0.5) is 0 Å². The number of carbonyl (C=O) groups excluding carboxylic acids is 1. The maximum Gasteiger partial charge on any atom is 0.240 e. The van der Waals surface area contributed by atoms with Gasteiger partial charge in [0.25, 0.3) is 0 Å². The SMILES string of the molecule is O=C(CCSc1ccc(Cl)cc1)N/N=C/c1ccc(OC2CSC2)cc1. The van der Waals surface area contributed by atoms with Crippen molar-refractivity contribution < 1.29 is 9.53 Å². The van der Waals surface area contributed by atoms with Gasteiger partial charge >= 0.3 is 0 Å². The van der Waals surface area contributed by atoms with Crippen LogP contribution in [0.3, 0.4) is 0 Å². The highest BCUT2D eigenvalue weighted by Gasteiger charge is 2.19. The van der Waals surface area contributed by atoms with E-state index in [9.17, 15) is 4.79 Å². The second kappa shape index (κ2) is 9.90. The van der Waals surface area contributed by atoms with Crippen LogP contribution in [0, 0.1) is 0 Å². The van der Waals surface area contributed by atoms with E-state index in [4.69, 9.17) is 16.3 Å². The third-order valence-electron chi connectivity index (χ3n) is 3.60. The molecule has 0 spiro atoms. The molecule has 1 N–H and O–H groups in total. The highest BCUT2D eigenvalue weighted by molar-refractivity contribution is 8.00. The fourth-order valence-electron chi connectivity index (χ4n) is 2.13. The van der Waals surface area contributed by atoms with Gasteiger partial charge in [0.1, 0.15) is 11.9 Å². The minimum Gasteiger partial charge on any atom is -0.489 e. The molecule has 2 aromatic rings. The van der Waals surface area contributed by atoms with Crippen LogP contribution in [-0.2, 0) is 4.79 Å². The molecule has 1 aliphatic heterocycles. The molecule has 2 aromatic carbocycles. The quantitative estimate of drug-likeness (QED) is 0.399. The highest BCUT2D eigenvalue weighted by atomic mass is 35.5. The zero-order chi connectivity index (χ0) is 18.2. The first-order valence-corrected chi connectivity index (χ1v) is 10.8. The lowest BCUT2D eigenvalue weighted by atomic mass is 10.2. The molecular weight excluding hydrogens is 388 g/mol. The lowest BCUT2D eigenvalue weighted by Gasteiger charge is -2.25. The van der Waals surface area contributed by atoms with Gasteiger partial charge in [-0.05, 0) is 54.1 Å². The molecule has 7 heteroatoms. The average Bonchev–Trinajstić information content (AvgIpc) is 2.61. The predicted molar refractivity (Wildman–Crippen MR) is 111 cm³/mol. The summed E-state index contributed by atoms with van der Waals surface area (Å²) in [5.74, 6) is 3.58. The summed E-state index contributed by atoms with van der Waals surface area (Å²) in [7, 11) is 0. The van der Waals surface area contributed by atoms with Gasteiger partial charge in [0.05, 0.1) is 6.21 Å². The molecule has 0 bridgehead atoms. The Kier molecular flexibility index (Phi) is 7.29. The van der Waals surface area contributed by atoms with Crippen molar-refractivity contribution in [3.8, 4) is 5.75 Å². The number of ether oxygens (including phenoxy) is 1. The summed E-state index contributed by atoms with van der Waals surface area (Å²) < 4.78 is 5.79. The number of nitrogens with zero attached hydrogens (tertiary/aromatic N) is 1. The molecule has 1 aliphatic rings. The minimum atomic E-state index is -0.106. The molecule has 3 rings (SSSR count). The molecule has 1 heterocycles. The second-order valence-corrected chi connectivity index (χ2v) is 8.37. The summed E-state index contributed by atoms with van der Waals surface area (Å²) in [6, 6.07) is 15.3. The monoisotopic (exact) mass is 406 g/mol. The highest BCUT2D eigenvalue weighted by Crippen LogP contribution is 2.24.